The van der Waals surface area contributed by atoms with Gasteiger partial charge in [0.2, 0.25) is 0 Å². The van der Waals surface area contributed by atoms with Crippen molar-refractivity contribution in [1.29, 1.82) is 0 Å². The summed E-state index contributed by atoms with van der Waals surface area (Å²) in [6.07, 6.45) is 0. The van der Waals surface area contributed by atoms with E-state index in [2.05, 4.69) is 26.2 Å². The van der Waals surface area contributed by atoms with Crippen LogP contribution in [0.1, 0.15) is 16.0 Å². The number of hydrogen-bond donors (Lipinski definition) is 0. The Morgan fingerprint density at radius 1 is 1.50 bits per heavy atom. The van der Waals surface area contributed by atoms with Crippen LogP contribution in [-0.4, -0.2) is 0 Å². The summed E-state index contributed by atoms with van der Waals surface area (Å²) in [5, 5.41) is 2.14. The number of aryl methyl sites for hydroxylation is 1. The first-order chi connectivity index (χ1) is 3.72. The Kier molecular flexibility index (Phi) is 1.39. The molecule has 0 aliphatic heterocycles. The highest BCUT2D eigenvalue weighted by atomic mass is 32.1. The monoisotopic (exact) mass is 125 g/mol. The molecule has 43 valence electrons. The predicted molar refractivity (Wildman–Crippen MR) is 38.3 cm³/mol. The van der Waals surface area contributed by atoms with Crippen molar-refractivity contribution in [3.8, 4) is 0 Å². The minimum absolute atomic E-state index is 1.20. The Bertz CT molecular complexity index is 167. The maximum absolute atomic E-state index is 3.86. The standard InChI is InChI=1S/C7H9S/c1-5-4-8-7(3)6(5)2/h4H,3H2,1-2H3. The van der Waals surface area contributed by atoms with Crippen LogP contribution in [0, 0.1) is 20.8 Å². The average Bonchev–Trinajstić information content (AvgIpc) is 1.98. The maximum Gasteiger partial charge on any atom is 0.00807 e. The van der Waals surface area contributed by atoms with Crippen LogP contribution in [-0.2, 0) is 0 Å². The van der Waals surface area contributed by atoms with Gasteiger partial charge in [-0.1, -0.05) is 0 Å². The fraction of sp³-hybridized carbons (Fsp3) is 0.286. The van der Waals surface area contributed by atoms with Crippen LogP contribution in [0.2, 0.25) is 0 Å². The van der Waals surface area contributed by atoms with Crippen molar-refractivity contribution in [2.75, 3.05) is 0 Å². The van der Waals surface area contributed by atoms with Gasteiger partial charge >= 0.3 is 0 Å². The van der Waals surface area contributed by atoms with E-state index in [0.717, 1.165) is 0 Å². The molecule has 0 bridgehead atoms. The molecule has 0 atom stereocenters. The van der Waals surface area contributed by atoms with Gasteiger partial charge in [0.1, 0.15) is 0 Å². The molecule has 0 aliphatic carbocycles. The molecule has 0 fully saturated rings. The number of thiophene rings is 1. The quantitative estimate of drug-likeness (QED) is 0.500. The third-order valence-corrected chi connectivity index (χ3v) is 2.45. The van der Waals surface area contributed by atoms with E-state index < -0.39 is 0 Å². The Labute approximate surface area is 54.2 Å². The molecule has 1 aromatic heterocycles. The first kappa shape index (κ1) is 5.83. The topological polar surface area (TPSA) is 0 Å². The lowest BCUT2D eigenvalue weighted by molar-refractivity contribution is 1.39. The van der Waals surface area contributed by atoms with Crippen molar-refractivity contribution < 1.29 is 0 Å². The zero-order valence-corrected chi connectivity index (χ0v) is 6.01. The molecule has 0 spiro atoms. The second-order valence-corrected chi connectivity index (χ2v) is 2.93. The molecular weight excluding hydrogens is 116 g/mol. The largest absolute Gasteiger partial charge is 0.148 e. The van der Waals surface area contributed by atoms with E-state index >= 15 is 0 Å². The second-order valence-electron chi connectivity index (χ2n) is 1.97. The summed E-state index contributed by atoms with van der Waals surface area (Å²) in [7, 11) is 0. The first-order valence-electron chi connectivity index (χ1n) is 2.58. The maximum atomic E-state index is 3.86. The lowest BCUT2D eigenvalue weighted by Gasteiger charge is -1.86. The molecule has 0 aromatic carbocycles. The predicted octanol–water partition coefficient (Wildman–Crippen LogP) is 2.55. The van der Waals surface area contributed by atoms with Crippen molar-refractivity contribution in [3.63, 3.8) is 0 Å². The smallest absolute Gasteiger partial charge is 0.00807 e. The lowest BCUT2D eigenvalue weighted by Crippen LogP contribution is -1.70. The second kappa shape index (κ2) is 1.90. The van der Waals surface area contributed by atoms with Crippen LogP contribution in [0.3, 0.4) is 0 Å². The zero-order chi connectivity index (χ0) is 6.15. The molecule has 0 amide bonds. The van der Waals surface area contributed by atoms with Gasteiger partial charge in [-0.25, -0.2) is 0 Å². The van der Waals surface area contributed by atoms with Crippen LogP contribution in [0.4, 0.5) is 0 Å². The fourth-order valence-corrected chi connectivity index (χ4v) is 1.39. The Morgan fingerprint density at radius 2 is 2.12 bits per heavy atom. The molecule has 0 unspecified atom stereocenters. The van der Waals surface area contributed by atoms with Gasteiger partial charge in [-0.15, -0.1) is 11.3 Å². The van der Waals surface area contributed by atoms with Gasteiger partial charge in [0.05, 0.1) is 0 Å². The highest BCUT2D eigenvalue weighted by Crippen LogP contribution is 2.18. The van der Waals surface area contributed by atoms with Gasteiger partial charge in [-0.3, -0.25) is 0 Å². The van der Waals surface area contributed by atoms with Gasteiger partial charge in [0.25, 0.3) is 0 Å². The summed E-state index contributed by atoms with van der Waals surface area (Å²) in [5.74, 6) is 0. The van der Waals surface area contributed by atoms with Crippen LogP contribution in [0.15, 0.2) is 5.38 Å². The van der Waals surface area contributed by atoms with E-state index in [-0.39, 0.29) is 0 Å². The van der Waals surface area contributed by atoms with Crippen molar-refractivity contribution in [3.05, 3.63) is 28.3 Å². The van der Waals surface area contributed by atoms with Crippen LogP contribution >= 0.6 is 11.3 Å². The molecule has 1 radical (unpaired) electrons. The van der Waals surface area contributed by atoms with E-state index in [1.54, 1.807) is 11.3 Å². The molecule has 0 saturated carbocycles. The minimum atomic E-state index is 1.20. The zero-order valence-electron chi connectivity index (χ0n) is 5.19. The summed E-state index contributed by atoms with van der Waals surface area (Å²) in [4.78, 5) is 1.20. The highest BCUT2D eigenvalue weighted by molar-refractivity contribution is 7.10. The van der Waals surface area contributed by atoms with Gasteiger partial charge in [-0.05, 0) is 37.3 Å². The molecular formula is C7H9S. The summed E-state index contributed by atoms with van der Waals surface area (Å²) in [6, 6.07) is 0. The molecule has 1 heterocycles. The highest BCUT2D eigenvalue weighted by Gasteiger charge is 1.95. The minimum Gasteiger partial charge on any atom is -0.148 e. The molecule has 0 saturated heterocycles. The SMILES string of the molecule is [CH2]c1scc(C)c1C. The molecule has 1 heteroatoms. The molecule has 0 aliphatic rings. The van der Waals surface area contributed by atoms with Crippen molar-refractivity contribution in [1.82, 2.24) is 0 Å². The Hall–Kier alpha value is -0.300. The van der Waals surface area contributed by atoms with Crippen molar-refractivity contribution in [2.24, 2.45) is 0 Å². The average molecular weight is 125 g/mol. The van der Waals surface area contributed by atoms with Crippen LogP contribution < -0.4 is 0 Å². The third-order valence-electron chi connectivity index (χ3n) is 1.39. The molecule has 1 rings (SSSR count). The van der Waals surface area contributed by atoms with Crippen molar-refractivity contribution in [2.45, 2.75) is 13.8 Å². The number of hydrogen-bond acceptors (Lipinski definition) is 1. The van der Waals surface area contributed by atoms with E-state index in [1.807, 2.05) is 0 Å². The van der Waals surface area contributed by atoms with Gasteiger partial charge in [0.15, 0.2) is 0 Å². The van der Waals surface area contributed by atoms with Crippen molar-refractivity contribution >= 4 is 11.3 Å². The Balaban J connectivity index is 3.19. The van der Waals surface area contributed by atoms with Gasteiger partial charge in [0, 0.05) is 4.88 Å². The van der Waals surface area contributed by atoms with Crippen LogP contribution in [0.25, 0.3) is 0 Å². The summed E-state index contributed by atoms with van der Waals surface area (Å²) in [6.45, 7) is 8.08. The van der Waals surface area contributed by atoms with E-state index in [0.29, 0.717) is 0 Å². The fourth-order valence-electron chi connectivity index (χ4n) is 0.556. The van der Waals surface area contributed by atoms with E-state index in [1.165, 1.54) is 16.0 Å². The van der Waals surface area contributed by atoms with E-state index in [4.69, 9.17) is 0 Å². The number of rotatable bonds is 0. The molecule has 0 nitrogen and oxygen atoms in total. The first-order valence-corrected chi connectivity index (χ1v) is 3.46. The molecule has 8 heavy (non-hydrogen) atoms. The van der Waals surface area contributed by atoms with Crippen LogP contribution in [0.5, 0.6) is 0 Å². The Morgan fingerprint density at radius 3 is 2.25 bits per heavy atom. The van der Waals surface area contributed by atoms with E-state index in [9.17, 15) is 0 Å². The summed E-state index contributed by atoms with van der Waals surface area (Å²) in [5.41, 5.74) is 2.70. The molecule has 0 N–H and O–H groups in total. The van der Waals surface area contributed by atoms with Gasteiger partial charge < -0.3 is 0 Å². The summed E-state index contributed by atoms with van der Waals surface area (Å²) >= 11 is 1.72. The van der Waals surface area contributed by atoms with Gasteiger partial charge in [-0.2, -0.15) is 0 Å². The molecule has 1 aromatic rings. The third kappa shape index (κ3) is 0.781. The normalized spacial score (nSPS) is 9.88. The lowest BCUT2D eigenvalue weighted by atomic mass is 10.2. The summed E-state index contributed by atoms with van der Waals surface area (Å²) < 4.78 is 0.